The van der Waals surface area contributed by atoms with E-state index in [2.05, 4.69) is 24.1 Å². The highest BCUT2D eigenvalue weighted by Gasteiger charge is 2.35. The van der Waals surface area contributed by atoms with Crippen molar-refractivity contribution in [2.45, 2.75) is 26.7 Å². The van der Waals surface area contributed by atoms with Gasteiger partial charge in [-0.2, -0.15) is 0 Å². The van der Waals surface area contributed by atoms with E-state index in [9.17, 15) is 9.59 Å². The third-order valence-electron chi connectivity index (χ3n) is 5.57. The van der Waals surface area contributed by atoms with Crippen molar-refractivity contribution in [2.24, 2.45) is 5.41 Å². The summed E-state index contributed by atoms with van der Waals surface area (Å²) in [5.41, 5.74) is 3.01. The number of benzene rings is 2. The second-order valence-electron chi connectivity index (χ2n) is 8.72. The van der Waals surface area contributed by atoms with E-state index in [0.717, 1.165) is 27.8 Å². The molecule has 0 radical (unpaired) electrons. The van der Waals surface area contributed by atoms with E-state index in [-0.39, 0.29) is 17.1 Å². The number of amides is 1. The fourth-order valence-corrected chi connectivity index (χ4v) is 5.17. The number of ketones is 1. The highest BCUT2D eigenvalue weighted by Crippen LogP contribution is 2.44. The zero-order chi connectivity index (χ0) is 21.6. The van der Waals surface area contributed by atoms with Crippen LogP contribution in [0.4, 0.5) is 16.5 Å². The molecule has 31 heavy (non-hydrogen) atoms. The molecule has 1 aliphatic heterocycles. The third-order valence-corrected chi connectivity index (χ3v) is 6.73. The molecular formula is C24H23N3O3S. The number of nitrogens with one attached hydrogen (secondary N) is 1. The van der Waals surface area contributed by atoms with Crippen molar-refractivity contribution < 1.29 is 14.3 Å². The molecule has 5 rings (SSSR count). The van der Waals surface area contributed by atoms with Gasteiger partial charge in [0.15, 0.2) is 10.9 Å². The molecule has 2 aliphatic rings. The first kappa shape index (κ1) is 19.8. The minimum absolute atomic E-state index is 0.0514. The van der Waals surface area contributed by atoms with Crippen LogP contribution in [-0.2, 0) is 6.42 Å². The van der Waals surface area contributed by atoms with Crippen molar-refractivity contribution in [2.75, 3.05) is 23.4 Å². The van der Waals surface area contributed by atoms with Crippen LogP contribution in [0.2, 0.25) is 0 Å². The molecule has 7 heteroatoms. The molecule has 2 aromatic carbocycles. The summed E-state index contributed by atoms with van der Waals surface area (Å²) in [6.07, 6.45) is 1.37. The van der Waals surface area contributed by atoms with E-state index < -0.39 is 0 Å². The van der Waals surface area contributed by atoms with Crippen LogP contribution in [-0.4, -0.2) is 29.8 Å². The van der Waals surface area contributed by atoms with Crippen LogP contribution < -0.4 is 15.0 Å². The Morgan fingerprint density at radius 1 is 1.16 bits per heavy atom. The van der Waals surface area contributed by atoms with Gasteiger partial charge in [-0.05, 0) is 36.1 Å². The van der Waals surface area contributed by atoms with Gasteiger partial charge in [-0.1, -0.05) is 43.4 Å². The summed E-state index contributed by atoms with van der Waals surface area (Å²) in [5.74, 6) is 0.710. The number of hydrogen-bond donors (Lipinski definition) is 1. The number of rotatable bonds is 3. The van der Waals surface area contributed by atoms with Crippen LogP contribution in [0, 0.1) is 5.41 Å². The Morgan fingerprint density at radius 3 is 2.77 bits per heavy atom. The van der Waals surface area contributed by atoms with Crippen molar-refractivity contribution in [3.8, 4) is 5.75 Å². The van der Waals surface area contributed by atoms with Crippen molar-refractivity contribution in [3.05, 3.63) is 64.7 Å². The fourth-order valence-electron chi connectivity index (χ4n) is 4.11. The van der Waals surface area contributed by atoms with Gasteiger partial charge in [0.25, 0.3) is 5.91 Å². The molecule has 0 bridgehead atoms. The highest BCUT2D eigenvalue weighted by molar-refractivity contribution is 7.17. The zero-order valence-corrected chi connectivity index (χ0v) is 18.3. The molecule has 1 aromatic heterocycles. The van der Waals surface area contributed by atoms with Crippen LogP contribution in [0.25, 0.3) is 0 Å². The van der Waals surface area contributed by atoms with E-state index in [0.29, 0.717) is 36.6 Å². The van der Waals surface area contributed by atoms with Crippen molar-refractivity contribution in [3.63, 3.8) is 0 Å². The summed E-state index contributed by atoms with van der Waals surface area (Å²) < 4.78 is 5.88. The molecule has 0 spiro atoms. The van der Waals surface area contributed by atoms with Crippen molar-refractivity contribution in [1.82, 2.24) is 4.98 Å². The van der Waals surface area contributed by atoms with Gasteiger partial charge in [0.2, 0.25) is 0 Å². The first-order valence-corrected chi connectivity index (χ1v) is 11.1. The molecule has 1 amide bonds. The van der Waals surface area contributed by atoms with E-state index >= 15 is 0 Å². The van der Waals surface area contributed by atoms with Crippen molar-refractivity contribution >= 4 is 39.5 Å². The Bertz CT molecular complexity index is 1170. The van der Waals surface area contributed by atoms with Crippen LogP contribution in [0.5, 0.6) is 5.75 Å². The maximum atomic E-state index is 12.6. The number of aromatic nitrogens is 1. The molecule has 6 nitrogen and oxygen atoms in total. The summed E-state index contributed by atoms with van der Waals surface area (Å²) in [7, 11) is 0. The van der Waals surface area contributed by atoms with Crippen LogP contribution >= 0.6 is 11.3 Å². The van der Waals surface area contributed by atoms with Gasteiger partial charge >= 0.3 is 0 Å². The lowest BCUT2D eigenvalue weighted by molar-refractivity contribution is 0.0915. The summed E-state index contributed by atoms with van der Waals surface area (Å²) in [6.45, 7) is 5.39. The van der Waals surface area contributed by atoms with Gasteiger partial charge in [0.1, 0.15) is 12.4 Å². The summed E-state index contributed by atoms with van der Waals surface area (Å²) in [4.78, 5) is 32.8. The lowest BCUT2D eigenvalue weighted by Crippen LogP contribution is -2.28. The Morgan fingerprint density at radius 2 is 1.97 bits per heavy atom. The zero-order valence-electron chi connectivity index (χ0n) is 17.5. The monoisotopic (exact) mass is 433 g/mol. The number of ether oxygens (including phenoxy) is 1. The van der Waals surface area contributed by atoms with Gasteiger partial charge in [0, 0.05) is 23.7 Å². The molecule has 0 atom stereocenters. The smallest absolute Gasteiger partial charge is 0.255 e. The molecule has 0 saturated heterocycles. The lowest BCUT2D eigenvalue weighted by Gasteiger charge is -2.29. The average Bonchev–Trinajstić information content (AvgIpc) is 3.17. The third kappa shape index (κ3) is 3.81. The Balaban J connectivity index is 1.41. The average molecular weight is 434 g/mol. The minimum Gasteiger partial charge on any atom is -0.489 e. The number of nitrogens with zero attached hydrogens (tertiary/aromatic N) is 2. The molecular weight excluding hydrogens is 410 g/mol. The standard InChI is InChI=1S/C24H23N3O3S/c1-24(2)13-17-21(19(28)14-24)31-23(26-17)27-10-11-30-20-12-16(8-9-18(20)27)25-22(29)15-6-4-3-5-7-15/h3-9,12H,10-11,13-14H2,1-2H3,(H,25,29). The normalized spacial score (nSPS) is 16.8. The minimum atomic E-state index is -0.165. The molecule has 1 N–H and O–H groups in total. The summed E-state index contributed by atoms with van der Waals surface area (Å²) in [5, 5.41) is 3.74. The molecule has 158 valence electrons. The second-order valence-corrected chi connectivity index (χ2v) is 9.69. The number of anilines is 3. The van der Waals surface area contributed by atoms with Gasteiger partial charge in [-0.15, -0.1) is 0 Å². The van der Waals surface area contributed by atoms with E-state index in [4.69, 9.17) is 9.72 Å². The number of thiazole rings is 1. The molecule has 1 aliphatic carbocycles. The topological polar surface area (TPSA) is 71.5 Å². The molecule has 3 aromatic rings. The second kappa shape index (κ2) is 7.50. The van der Waals surface area contributed by atoms with E-state index in [1.54, 1.807) is 12.1 Å². The van der Waals surface area contributed by atoms with Crippen molar-refractivity contribution in [1.29, 1.82) is 0 Å². The SMILES string of the molecule is CC1(C)CC(=O)c2sc(N3CCOc4cc(NC(=O)c5ccccc5)ccc43)nc2C1. The fraction of sp³-hybridized carbons (Fsp3) is 0.292. The lowest BCUT2D eigenvalue weighted by atomic mass is 9.78. The van der Waals surface area contributed by atoms with Gasteiger partial charge < -0.3 is 15.0 Å². The Kier molecular flexibility index (Phi) is 4.78. The summed E-state index contributed by atoms with van der Waals surface area (Å²) in [6, 6.07) is 14.7. The first-order chi connectivity index (χ1) is 14.9. The van der Waals surface area contributed by atoms with E-state index in [1.807, 2.05) is 36.4 Å². The molecule has 2 heterocycles. The first-order valence-electron chi connectivity index (χ1n) is 10.3. The molecule has 0 unspecified atom stereocenters. The maximum Gasteiger partial charge on any atom is 0.255 e. The Hall–Kier alpha value is -3.19. The van der Waals surface area contributed by atoms with Gasteiger partial charge in [0.05, 0.1) is 22.8 Å². The number of fused-ring (bicyclic) bond motifs is 2. The predicted molar refractivity (Wildman–Crippen MR) is 122 cm³/mol. The Labute approximate surface area is 184 Å². The largest absolute Gasteiger partial charge is 0.489 e. The van der Waals surface area contributed by atoms with E-state index in [1.165, 1.54) is 11.3 Å². The number of carbonyl (C=O) groups excluding carboxylic acids is 2. The van der Waals surface area contributed by atoms with Crippen LogP contribution in [0.3, 0.4) is 0 Å². The predicted octanol–water partition coefficient (Wildman–Crippen LogP) is 5.08. The molecule has 0 fully saturated rings. The molecule has 0 saturated carbocycles. The van der Waals surface area contributed by atoms with Crippen LogP contribution in [0.1, 0.15) is 46.0 Å². The van der Waals surface area contributed by atoms with Gasteiger partial charge in [-0.3, -0.25) is 9.59 Å². The van der Waals surface area contributed by atoms with Crippen LogP contribution in [0.15, 0.2) is 48.5 Å². The quantitative estimate of drug-likeness (QED) is 0.624. The number of Topliss-reactive ketones (excluding diaryl/α,β-unsaturated/α-hetero) is 1. The summed E-state index contributed by atoms with van der Waals surface area (Å²) >= 11 is 1.47. The number of hydrogen-bond acceptors (Lipinski definition) is 6. The van der Waals surface area contributed by atoms with Gasteiger partial charge in [-0.25, -0.2) is 4.98 Å². The number of carbonyl (C=O) groups is 2. The maximum absolute atomic E-state index is 12.6. The highest BCUT2D eigenvalue weighted by atomic mass is 32.1.